The number of aromatic nitrogens is 1. The molecule has 0 radical (unpaired) electrons. The van der Waals surface area contributed by atoms with Crippen LogP contribution in [-0.4, -0.2) is 16.1 Å². The molecule has 2 aromatic carbocycles. The molecular formula is C22H16N2OS. The first-order valence-corrected chi connectivity index (χ1v) is 9.24. The molecule has 126 valence electrons. The van der Waals surface area contributed by atoms with Gasteiger partial charge in [0, 0.05) is 22.3 Å². The number of benzene rings is 2. The minimum atomic E-state index is -0.0874. The number of anilines is 1. The molecule has 1 atom stereocenters. The van der Waals surface area contributed by atoms with Crippen molar-refractivity contribution in [3.63, 3.8) is 0 Å². The predicted molar refractivity (Wildman–Crippen MR) is 105 cm³/mol. The zero-order valence-electron chi connectivity index (χ0n) is 14.0. The second-order valence-corrected chi connectivity index (χ2v) is 7.20. The number of rotatable bonds is 2. The zero-order chi connectivity index (χ0) is 17.8. The van der Waals surface area contributed by atoms with E-state index in [4.69, 9.17) is 0 Å². The maximum atomic E-state index is 12.6. The highest BCUT2D eigenvalue weighted by Gasteiger charge is 2.27. The third-order valence-corrected chi connectivity index (χ3v) is 5.39. The number of carbonyl (C=O) groups excluding carboxylic acids is 1. The van der Waals surface area contributed by atoms with Crippen molar-refractivity contribution in [3.8, 4) is 11.8 Å². The molecule has 1 aliphatic rings. The Labute approximate surface area is 156 Å². The molecule has 0 bridgehead atoms. The van der Waals surface area contributed by atoms with Gasteiger partial charge < -0.3 is 5.32 Å². The van der Waals surface area contributed by atoms with Crippen LogP contribution in [0.4, 0.5) is 5.69 Å². The molecule has 3 aromatic rings. The fraction of sp³-hybridized carbons (Fsp3) is 0.0909. The lowest BCUT2D eigenvalue weighted by Gasteiger charge is -2.10. The van der Waals surface area contributed by atoms with Crippen molar-refractivity contribution in [3.05, 3.63) is 89.7 Å². The topological polar surface area (TPSA) is 42.0 Å². The van der Waals surface area contributed by atoms with Crippen molar-refractivity contribution in [2.75, 3.05) is 5.32 Å². The lowest BCUT2D eigenvalue weighted by molar-refractivity contribution is -0.115. The van der Waals surface area contributed by atoms with Crippen LogP contribution in [0.2, 0.25) is 0 Å². The molecule has 0 spiro atoms. The van der Waals surface area contributed by atoms with Gasteiger partial charge in [-0.2, -0.15) is 0 Å². The molecule has 1 aliphatic heterocycles. The first-order chi connectivity index (χ1) is 12.8. The van der Waals surface area contributed by atoms with Crippen molar-refractivity contribution in [2.24, 2.45) is 0 Å². The molecule has 4 rings (SSSR count). The van der Waals surface area contributed by atoms with E-state index in [1.807, 2.05) is 54.6 Å². The van der Waals surface area contributed by atoms with Gasteiger partial charge in [-0.1, -0.05) is 36.3 Å². The van der Waals surface area contributed by atoms with Gasteiger partial charge in [0.25, 0.3) is 0 Å². The van der Waals surface area contributed by atoms with Crippen LogP contribution >= 0.6 is 11.8 Å². The van der Waals surface area contributed by atoms with Crippen LogP contribution in [0.25, 0.3) is 0 Å². The molecule has 0 saturated heterocycles. The standard InChI is InChI=1S/C22H16N2OS/c25-22(21-15-17-7-1-2-10-20(17)26-21)24-19-9-5-6-16(14-19)11-12-18-8-3-4-13-23-18/h1-10,13-14,21H,15H2,(H,24,25). The summed E-state index contributed by atoms with van der Waals surface area (Å²) in [5.41, 5.74) is 3.57. The summed E-state index contributed by atoms with van der Waals surface area (Å²) in [5, 5.41) is 2.93. The number of amides is 1. The normalized spacial score (nSPS) is 14.8. The first-order valence-electron chi connectivity index (χ1n) is 8.36. The number of pyridine rings is 1. The molecule has 1 amide bonds. The summed E-state index contributed by atoms with van der Waals surface area (Å²) in [7, 11) is 0. The summed E-state index contributed by atoms with van der Waals surface area (Å²) in [5.74, 6) is 6.15. The zero-order valence-corrected chi connectivity index (χ0v) is 14.8. The molecule has 26 heavy (non-hydrogen) atoms. The van der Waals surface area contributed by atoms with Gasteiger partial charge in [-0.3, -0.25) is 4.79 Å². The number of hydrogen-bond donors (Lipinski definition) is 1. The molecule has 1 unspecified atom stereocenters. The second-order valence-electron chi connectivity index (χ2n) is 5.95. The summed E-state index contributed by atoms with van der Waals surface area (Å²) in [6.45, 7) is 0. The van der Waals surface area contributed by atoms with E-state index in [0.29, 0.717) is 0 Å². The fourth-order valence-corrected chi connectivity index (χ4v) is 3.99. The molecular weight excluding hydrogens is 340 g/mol. The quantitative estimate of drug-likeness (QED) is 0.702. The Balaban J connectivity index is 1.45. The maximum Gasteiger partial charge on any atom is 0.238 e. The third kappa shape index (κ3) is 3.79. The summed E-state index contributed by atoms with van der Waals surface area (Å²) in [4.78, 5) is 18.0. The summed E-state index contributed by atoms with van der Waals surface area (Å²) in [6.07, 6.45) is 2.49. The highest BCUT2D eigenvalue weighted by molar-refractivity contribution is 8.01. The Hall–Kier alpha value is -3.03. The molecule has 4 heteroatoms. The minimum Gasteiger partial charge on any atom is -0.325 e. The molecule has 0 saturated carbocycles. The van der Waals surface area contributed by atoms with Crippen molar-refractivity contribution in [1.29, 1.82) is 0 Å². The largest absolute Gasteiger partial charge is 0.325 e. The van der Waals surface area contributed by atoms with Crippen LogP contribution in [0.15, 0.2) is 77.8 Å². The Morgan fingerprint density at radius 1 is 1.04 bits per heavy atom. The SMILES string of the molecule is O=C(Nc1cccc(C#Cc2ccccn2)c1)C1Cc2ccccc2S1. The van der Waals surface area contributed by atoms with Crippen LogP contribution < -0.4 is 5.32 Å². The van der Waals surface area contributed by atoms with Crippen molar-refractivity contribution in [2.45, 2.75) is 16.6 Å². The molecule has 1 N–H and O–H groups in total. The molecule has 0 aliphatic carbocycles. The van der Waals surface area contributed by atoms with Crippen LogP contribution in [0.5, 0.6) is 0 Å². The van der Waals surface area contributed by atoms with Crippen LogP contribution in [0.3, 0.4) is 0 Å². The van der Waals surface area contributed by atoms with Crippen LogP contribution in [-0.2, 0) is 11.2 Å². The number of nitrogens with one attached hydrogen (secondary N) is 1. The fourth-order valence-electron chi connectivity index (χ4n) is 2.80. The van der Waals surface area contributed by atoms with Gasteiger partial charge in [0.2, 0.25) is 5.91 Å². The Morgan fingerprint density at radius 2 is 1.92 bits per heavy atom. The number of fused-ring (bicyclic) bond motifs is 1. The summed E-state index contributed by atoms with van der Waals surface area (Å²) < 4.78 is 0. The second kappa shape index (κ2) is 7.47. The van der Waals surface area contributed by atoms with E-state index in [9.17, 15) is 4.79 Å². The van der Waals surface area contributed by atoms with E-state index in [2.05, 4.69) is 34.3 Å². The van der Waals surface area contributed by atoms with Crippen molar-refractivity contribution < 1.29 is 4.79 Å². The van der Waals surface area contributed by atoms with Gasteiger partial charge in [0.1, 0.15) is 5.69 Å². The number of nitrogens with zero attached hydrogens (tertiary/aromatic N) is 1. The number of carbonyl (C=O) groups is 1. The molecule has 0 fully saturated rings. The van der Waals surface area contributed by atoms with Gasteiger partial charge in [0.05, 0.1) is 5.25 Å². The van der Waals surface area contributed by atoms with Crippen LogP contribution in [0.1, 0.15) is 16.8 Å². The highest BCUT2D eigenvalue weighted by Crippen LogP contribution is 2.37. The van der Waals surface area contributed by atoms with Crippen LogP contribution in [0, 0.1) is 11.8 Å². The average molecular weight is 356 g/mol. The van der Waals surface area contributed by atoms with Crippen molar-refractivity contribution in [1.82, 2.24) is 4.98 Å². The van der Waals surface area contributed by atoms with E-state index in [-0.39, 0.29) is 11.2 Å². The summed E-state index contributed by atoms with van der Waals surface area (Å²) in [6, 6.07) is 21.4. The molecule has 3 nitrogen and oxygen atoms in total. The van der Waals surface area contributed by atoms with E-state index in [1.54, 1.807) is 18.0 Å². The molecule has 2 heterocycles. The van der Waals surface area contributed by atoms with E-state index >= 15 is 0 Å². The Kier molecular flexibility index (Phi) is 4.72. The summed E-state index contributed by atoms with van der Waals surface area (Å²) >= 11 is 1.63. The predicted octanol–water partition coefficient (Wildman–Crippen LogP) is 4.14. The van der Waals surface area contributed by atoms with Gasteiger partial charge in [0.15, 0.2) is 0 Å². The van der Waals surface area contributed by atoms with Gasteiger partial charge in [-0.15, -0.1) is 11.8 Å². The first kappa shape index (κ1) is 16.4. The highest BCUT2D eigenvalue weighted by atomic mass is 32.2. The number of thioether (sulfide) groups is 1. The Bertz CT molecular complexity index is 980. The lowest BCUT2D eigenvalue weighted by atomic mass is 10.1. The minimum absolute atomic E-state index is 0.0287. The van der Waals surface area contributed by atoms with E-state index in [1.165, 1.54) is 10.5 Å². The smallest absolute Gasteiger partial charge is 0.238 e. The monoisotopic (exact) mass is 356 g/mol. The van der Waals surface area contributed by atoms with Gasteiger partial charge >= 0.3 is 0 Å². The average Bonchev–Trinajstić information content (AvgIpc) is 3.12. The Morgan fingerprint density at radius 3 is 2.77 bits per heavy atom. The number of hydrogen-bond acceptors (Lipinski definition) is 3. The molecule has 1 aromatic heterocycles. The van der Waals surface area contributed by atoms with Gasteiger partial charge in [-0.25, -0.2) is 4.98 Å². The maximum absolute atomic E-state index is 12.6. The lowest BCUT2D eigenvalue weighted by Crippen LogP contribution is -2.24. The van der Waals surface area contributed by atoms with Crippen molar-refractivity contribution >= 4 is 23.4 Å². The van der Waals surface area contributed by atoms with Gasteiger partial charge in [-0.05, 0) is 54.3 Å². The van der Waals surface area contributed by atoms with E-state index < -0.39 is 0 Å². The van der Waals surface area contributed by atoms with E-state index in [0.717, 1.165) is 23.4 Å². The third-order valence-electron chi connectivity index (χ3n) is 4.07.